The van der Waals surface area contributed by atoms with Gasteiger partial charge in [0.25, 0.3) is 0 Å². The Kier molecular flexibility index (Phi) is 2.92. The summed E-state index contributed by atoms with van der Waals surface area (Å²) < 4.78 is 51.7. The van der Waals surface area contributed by atoms with Gasteiger partial charge >= 0.3 is 12.3 Å². The van der Waals surface area contributed by atoms with Crippen LogP contribution in [-0.2, 0) is 0 Å². The molecule has 4 nitrogen and oxygen atoms in total. The Morgan fingerprint density at radius 3 is 2.38 bits per heavy atom. The highest BCUT2D eigenvalue weighted by molar-refractivity contribution is 5.94. The van der Waals surface area contributed by atoms with Gasteiger partial charge in [-0.25, -0.2) is 9.18 Å². The molecule has 1 rings (SSSR count). The Morgan fingerprint density at radius 2 is 1.94 bits per heavy atom. The van der Waals surface area contributed by atoms with Gasteiger partial charge in [0.2, 0.25) is 0 Å². The Labute approximate surface area is 86.2 Å². The predicted molar refractivity (Wildman–Crippen MR) is 44.5 cm³/mol. The van der Waals surface area contributed by atoms with E-state index in [1.165, 1.54) is 0 Å². The summed E-state index contributed by atoms with van der Waals surface area (Å²) in [5, 5.41) is 8.50. The number of aromatic carboxylic acids is 1. The molecule has 0 spiro atoms. The van der Waals surface area contributed by atoms with Gasteiger partial charge in [-0.15, -0.1) is 13.2 Å². The second kappa shape index (κ2) is 3.87. The van der Waals surface area contributed by atoms with E-state index in [1.807, 2.05) is 0 Å². The van der Waals surface area contributed by atoms with Crippen LogP contribution in [0.25, 0.3) is 0 Å². The van der Waals surface area contributed by atoms with Gasteiger partial charge in [0, 0.05) is 0 Å². The number of carboxylic acids is 1. The van der Waals surface area contributed by atoms with Crippen LogP contribution in [0.2, 0.25) is 0 Å². The topological polar surface area (TPSA) is 72.6 Å². The Bertz CT molecular complexity index is 430. The van der Waals surface area contributed by atoms with Crippen molar-refractivity contribution in [3.05, 3.63) is 23.5 Å². The molecule has 0 unspecified atom stereocenters. The largest absolute Gasteiger partial charge is 0.573 e. The first-order chi connectivity index (χ1) is 7.22. The van der Waals surface area contributed by atoms with Gasteiger partial charge in [0.15, 0.2) is 11.6 Å². The molecule has 0 amide bonds. The van der Waals surface area contributed by atoms with Crippen molar-refractivity contribution in [3.8, 4) is 5.75 Å². The molecule has 0 aromatic heterocycles. The monoisotopic (exact) mass is 239 g/mol. The van der Waals surface area contributed by atoms with Gasteiger partial charge in [-0.05, 0) is 12.1 Å². The fourth-order valence-corrected chi connectivity index (χ4v) is 0.963. The molecule has 0 aliphatic carbocycles. The fourth-order valence-electron chi connectivity index (χ4n) is 0.963. The molecule has 0 radical (unpaired) electrons. The first kappa shape index (κ1) is 12.1. The third-order valence-electron chi connectivity index (χ3n) is 1.60. The van der Waals surface area contributed by atoms with Gasteiger partial charge in [-0.3, -0.25) is 0 Å². The van der Waals surface area contributed by atoms with E-state index in [0.717, 1.165) is 6.07 Å². The highest BCUT2D eigenvalue weighted by Crippen LogP contribution is 2.30. The summed E-state index contributed by atoms with van der Waals surface area (Å²) in [6.07, 6.45) is -5.07. The van der Waals surface area contributed by atoms with Crippen molar-refractivity contribution in [3.63, 3.8) is 0 Å². The molecule has 1 aromatic carbocycles. The van der Waals surface area contributed by atoms with E-state index in [-0.39, 0.29) is 0 Å². The lowest BCUT2D eigenvalue weighted by atomic mass is 10.1. The number of benzene rings is 1. The van der Waals surface area contributed by atoms with Crippen LogP contribution in [0.4, 0.5) is 23.2 Å². The molecule has 0 saturated heterocycles. The van der Waals surface area contributed by atoms with Crippen molar-refractivity contribution in [2.45, 2.75) is 6.36 Å². The molecule has 3 N–H and O–H groups in total. The summed E-state index contributed by atoms with van der Waals surface area (Å²) in [6, 6.07) is 1.27. The Morgan fingerprint density at radius 1 is 1.38 bits per heavy atom. The minimum absolute atomic E-state index is 0.544. The number of anilines is 1. The van der Waals surface area contributed by atoms with E-state index < -0.39 is 35.1 Å². The maximum absolute atomic E-state index is 13.1. The van der Waals surface area contributed by atoms with Crippen molar-refractivity contribution in [1.82, 2.24) is 0 Å². The standard InChI is InChI=1S/C8H5F4NO3/c9-5-4(16-8(10,11)12)2-1-3(6(5)13)7(14)15/h1-2H,13H2,(H,14,15). The molecule has 0 fully saturated rings. The average molecular weight is 239 g/mol. The van der Waals surface area contributed by atoms with Crippen LogP contribution in [0.3, 0.4) is 0 Å². The number of alkyl halides is 3. The molecule has 88 valence electrons. The molecular formula is C8H5F4NO3. The number of carboxylic acid groups (broad SMARTS) is 1. The predicted octanol–water partition coefficient (Wildman–Crippen LogP) is 2.00. The van der Waals surface area contributed by atoms with Gasteiger partial charge < -0.3 is 15.6 Å². The van der Waals surface area contributed by atoms with Crippen molar-refractivity contribution in [2.24, 2.45) is 0 Å². The molecule has 0 saturated carbocycles. The Balaban J connectivity index is 3.17. The maximum atomic E-state index is 13.1. The lowest BCUT2D eigenvalue weighted by molar-refractivity contribution is -0.275. The number of hydrogen-bond donors (Lipinski definition) is 2. The number of ether oxygens (including phenoxy) is 1. The quantitative estimate of drug-likeness (QED) is 0.611. The second-order valence-corrected chi connectivity index (χ2v) is 2.69. The fraction of sp³-hybridized carbons (Fsp3) is 0.125. The van der Waals surface area contributed by atoms with Gasteiger partial charge in [0.1, 0.15) is 0 Å². The molecule has 16 heavy (non-hydrogen) atoms. The average Bonchev–Trinajstić information content (AvgIpc) is 2.10. The molecular weight excluding hydrogens is 234 g/mol. The van der Waals surface area contributed by atoms with Gasteiger partial charge in [0.05, 0.1) is 11.3 Å². The Hall–Kier alpha value is -1.99. The van der Waals surface area contributed by atoms with Crippen molar-refractivity contribution < 1.29 is 32.2 Å². The van der Waals surface area contributed by atoms with Crippen molar-refractivity contribution in [2.75, 3.05) is 5.73 Å². The number of hydrogen-bond acceptors (Lipinski definition) is 3. The number of nitrogens with two attached hydrogens (primary N) is 1. The summed E-state index contributed by atoms with van der Waals surface area (Å²) in [4.78, 5) is 10.5. The third-order valence-corrected chi connectivity index (χ3v) is 1.60. The van der Waals surface area contributed by atoms with Gasteiger partial charge in [-0.1, -0.05) is 0 Å². The SMILES string of the molecule is Nc1c(C(=O)O)ccc(OC(F)(F)F)c1F. The van der Waals surface area contributed by atoms with Gasteiger partial charge in [-0.2, -0.15) is 0 Å². The lowest BCUT2D eigenvalue weighted by Crippen LogP contribution is -2.18. The minimum Gasteiger partial charge on any atom is -0.478 e. The van der Waals surface area contributed by atoms with E-state index in [1.54, 1.807) is 0 Å². The number of rotatable bonds is 2. The molecule has 8 heteroatoms. The zero-order chi connectivity index (χ0) is 12.5. The van der Waals surface area contributed by atoms with Crippen molar-refractivity contribution in [1.29, 1.82) is 0 Å². The molecule has 1 aromatic rings. The lowest BCUT2D eigenvalue weighted by Gasteiger charge is -2.11. The van der Waals surface area contributed by atoms with Crippen LogP contribution in [0.5, 0.6) is 5.75 Å². The van der Waals surface area contributed by atoms with Crippen LogP contribution in [0.15, 0.2) is 12.1 Å². The van der Waals surface area contributed by atoms with E-state index in [9.17, 15) is 22.4 Å². The zero-order valence-electron chi connectivity index (χ0n) is 7.51. The summed E-state index contributed by atoms with van der Waals surface area (Å²) in [5.41, 5.74) is 3.46. The smallest absolute Gasteiger partial charge is 0.478 e. The van der Waals surface area contributed by atoms with E-state index in [4.69, 9.17) is 10.8 Å². The normalized spacial score (nSPS) is 11.2. The molecule has 0 aliphatic rings. The third kappa shape index (κ3) is 2.53. The summed E-state index contributed by atoms with van der Waals surface area (Å²) >= 11 is 0. The highest BCUT2D eigenvalue weighted by atomic mass is 19.4. The zero-order valence-corrected chi connectivity index (χ0v) is 7.51. The van der Waals surface area contributed by atoms with Crippen LogP contribution in [0.1, 0.15) is 10.4 Å². The van der Waals surface area contributed by atoms with Crippen molar-refractivity contribution >= 4 is 11.7 Å². The van der Waals surface area contributed by atoms with Crippen LogP contribution >= 0.6 is 0 Å². The molecule has 0 heterocycles. The molecule has 0 aliphatic heterocycles. The molecule has 0 bridgehead atoms. The summed E-state index contributed by atoms with van der Waals surface area (Å²) in [5.74, 6) is -4.28. The number of carbonyl (C=O) groups is 1. The van der Waals surface area contributed by atoms with E-state index in [0.29, 0.717) is 6.07 Å². The van der Waals surface area contributed by atoms with Crippen LogP contribution in [-0.4, -0.2) is 17.4 Å². The van der Waals surface area contributed by atoms with Crippen LogP contribution in [0, 0.1) is 5.82 Å². The van der Waals surface area contributed by atoms with E-state index in [2.05, 4.69) is 4.74 Å². The highest BCUT2D eigenvalue weighted by Gasteiger charge is 2.33. The summed E-state index contributed by atoms with van der Waals surface area (Å²) in [6.45, 7) is 0. The summed E-state index contributed by atoms with van der Waals surface area (Å²) in [7, 11) is 0. The second-order valence-electron chi connectivity index (χ2n) is 2.69. The first-order valence-electron chi connectivity index (χ1n) is 3.79. The first-order valence-corrected chi connectivity index (χ1v) is 3.79. The van der Waals surface area contributed by atoms with E-state index >= 15 is 0 Å². The van der Waals surface area contributed by atoms with Crippen LogP contribution < -0.4 is 10.5 Å². The molecule has 0 atom stereocenters. The maximum Gasteiger partial charge on any atom is 0.573 e. The number of halogens is 4. The number of nitrogen functional groups attached to an aromatic ring is 1. The minimum atomic E-state index is -5.07.